The van der Waals surface area contributed by atoms with E-state index in [0.717, 1.165) is 0 Å². The van der Waals surface area contributed by atoms with Crippen molar-refractivity contribution in [2.75, 3.05) is 0 Å². The van der Waals surface area contributed by atoms with Crippen molar-refractivity contribution in [2.24, 2.45) is 5.16 Å². The zero-order chi connectivity index (χ0) is 17.2. The van der Waals surface area contributed by atoms with Crippen LogP contribution in [-0.4, -0.2) is 10.6 Å². The third-order valence-electron chi connectivity index (χ3n) is 2.78. The first-order valence-electron chi connectivity index (χ1n) is 7.07. The van der Waals surface area contributed by atoms with E-state index in [2.05, 4.69) is 5.16 Å². The molecular weight excluding hydrogens is 294 g/mol. The minimum absolute atomic E-state index is 0.0160. The molecule has 0 aliphatic carbocycles. The lowest BCUT2D eigenvalue weighted by Gasteiger charge is -2.03. The predicted octanol–water partition coefficient (Wildman–Crippen LogP) is 4.30. The van der Waals surface area contributed by atoms with Crippen LogP contribution in [0.25, 0.3) is 0 Å². The third-order valence-corrected chi connectivity index (χ3v) is 2.78. The van der Waals surface area contributed by atoms with E-state index in [1.165, 1.54) is 12.1 Å². The highest BCUT2D eigenvalue weighted by Crippen LogP contribution is 2.18. The number of benzene rings is 2. The topological polar surface area (TPSA) is 88.5 Å². The van der Waals surface area contributed by atoms with Crippen LogP contribution in [0.4, 0.5) is 5.69 Å². The summed E-state index contributed by atoms with van der Waals surface area (Å²) >= 11 is 0. The fourth-order valence-corrected chi connectivity index (χ4v) is 1.63. The Balaban J connectivity index is 0.00000127. The first-order valence-corrected chi connectivity index (χ1v) is 7.07. The van der Waals surface area contributed by atoms with Gasteiger partial charge in [-0.2, -0.15) is 5.26 Å². The maximum absolute atomic E-state index is 10.6. The highest BCUT2D eigenvalue weighted by atomic mass is 16.6. The normalized spacial score (nSPS) is 10.1. The van der Waals surface area contributed by atoms with Gasteiger partial charge in [0.2, 0.25) is 0 Å². The van der Waals surface area contributed by atoms with Gasteiger partial charge in [-0.15, -0.1) is 0 Å². The molecule has 0 saturated heterocycles. The Kier molecular flexibility index (Phi) is 6.95. The quantitative estimate of drug-likeness (QED) is 0.478. The highest BCUT2D eigenvalue weighted by molar-refractivity contribution is 5.98. The second kappa shape index (κ2) is 8.95. The lowest BCUT2D eigenvalue weighted by molar-refractivity contribution is -0.384. The minimum Gasteiger partial charge on any atom is -0.355 e. The molecule has 0 unspecified atom stereocenters. The molecule has 0 aromatic heterocycles. The van der Waals surface area contributed by atoms with Crippen LogP contribution >= 0.6 is 0 Å². The van der Waals surface area contributed by atoms with Gasteiger partial charge in [0.05, 0.1) is 16.2 Å². The van der Waals surface area contributed by atoms with Gasteiger partial charge in [-0.25, -0.2) is 0 Å². The van der Waals surface area contributed by atoms with Gasteiger partial charge in [0.25, 0.3) is 5.69 Å². The number of nitriles is 1. The number of hydrogen-bond acceptors (Lipinski definition) is 5. The van der Waals surface area contributed by atoms with E-state index >= 15 is 0 Å². The molecule has 118 valence electrons. The standard InChI is InChI=1S/C15H11N3O3.C2H6/c1-11(12-6-8-14(9-7-12)18(19)20)17-21-15-5-3-2-4-13(15)10-16;1-2/h2-9H,1H3;1-2H3/b17-11-;. The van der Waals surface area contributed by atoms with Crippen LogP contribution in [0, 0.1) is 21.4 Å². The van der Waals surface area contributed by atoms with Crippen molar-refractivity contribution in [2.45, 2.75) is 20.8 Å². The van der Waals surface area contributed by atoms with E-state index < -0.39 is 4.92 Å². The van der Waals surface area contributed by atoms with E-state index in [1.807, 2.05) is 19.9 Å². The maximum atomic E-state index is 10.6. The van der Waals surface area contributed by atoms with Gasteiger partial charge in [-0.1, -0.05) is 31.1 Å². The van der Waals surface area contributed by atoms with Gasteiger partial charge >= 0.3 is 0 Å². The molecule has 2 aromatic rings. The molecule has 0 heterocycles. The number of nitrogens with zero attached hydrogens (tertiary/aromatic N) is 3. The summed E-state index contributed by atoms with van der Waals surface area (Å²) in [5.41, 5.74) is 1.66. The van der Waals surface area contributed by atoms with Gasteiger partial charge in [0.15, 0.2) is 5.75 Å². The van der Waals surface area contributed by atoms with Crippen molar-refractivity contribution in [1.29, 1.82) is 5.26 Å². The fraction of sp³-hybridized carbons (Fsp3) is 0.176. The van der Waals surface area contributed by atoms with Crippen molar-refractivity contribution >= 4 is 11.4 Å². The van der Waals surface area contributed by atoms with E-state index in [4.69, 9.17) is 10.1 Å². The number of non-ortho nitro benzene ring substituents is 1. The number of oxime groups is 1. The smallest absolute Gasteiger partial charge is 0.269 e. The minimum atomic E-state index is -0.462. The van der Waals surface area contributed by atoms with Crippen LogP contribution in [0.5, 0.6) is 5.75 Å². The van der Waals surface area contributed by atoms with Crippen molar-refractivity contribution in [3.05, 3.63) is 69.8 Å². The average molecular weight is 311 g/mol. The average Bonchev–Trinajstić information content (AvgIpc) is 2.61. The molecule has 2 aromatic carbocycles. The predicted molar refractivity (Wildman–Crippen MR) is 88.4 cm³/mol. The third kappa shape index (κ3) is 4.93. The summed E-state index contributed by atoms with van der Waals surface area (Å²) < 4.78 is 0. The summed E-state index contributed by atoms with van der Waals surface area (Å²) in [6.07, 6.45) is 0. The molecule has 0 spiro atoms. The molecule has 0 radical (unpaired) electrons. The molecule has 0 bridgehead atoms. The molecule has 23 heavy (non-hydrogen) atoms. The molecule has 0 aliphatic heterocycles. The Morgan fingerprint density at radius 2 is 1.78 bits per heavy atom. The van der Waals surface area contributed by atoms with Crippen LogP contribution in [0.1, 0.15) is 31.9 Å². The maximum Gasteiger partial charge on any atom is 0.269 e. The largest absolute Gasteiger partial charge is 0.355 e. The van der Waals surface area contributed by atoms with Crippen LogP contribution in [0.3, 0.4) is 0 Å². The molecule has 6 heteroatoms. The second-order valence-corrected chi connectivity index (χ2v) is 4.18. The Morgan fingerprint density at radius 1 is 1.17 bits per heavy atom. The van der Waals surface area contributed by atoms with Crippen molar-refractivity contribution < 1.29 is 9.76 Å². The SMILES string of the molecule is C/C(=N/Oc1ccccc1C#N)c1ccc([N+](=O)[O-])cc1.CC. The molecule has 2 rings (SSSR count). The second-order valence-electron chi connectivity index (χ2n) is 4.18. The van der Waals surface area contributed by atoms with Crippen LogP contribution in [0.15, 0.2) is 53.7 Å². The lowest BCUT2D eigenvalue weighted by atomic mass is 10.1. The van der Waals surface area contributed by atoms with E-state index in [-0.39, 0.29) is 5.69 Å². The van der Waals surface area contributed by atoms with Crippen molar-refractivity contribution in [3.8, 4) is 11.8 Å². The lowest BCUT2D eigenvalue weighted by Crippen LogP contribution is -1.99. The first-order chi connectivity index (χ1) is 11.1. The number of para-hydroxylation sites is 1. The molecule has 0 fully saturated rings. The van der Waals surface area contributed by atoms with E-state index in [1.54, 1.807) is 43.3 Å². The number of nitro groups is 1. The molecule has 0 atom stereocenters. The molecule has 0 amide bonds. The van der Waals surface area contributed by atoms with E-state index in [0.29, 0.717) is 22.6 Å². The van der Waals surface area contributed by atoms with E-state index in [9.17, 15) is 10.1 Å². The Morgan fingerprint density at radius 3 is 2.35 bits per heavy atom. The Hall–Kier alpha value is -3.20. The molecular formula is C17H17N3O3. The summed E-state index contributed by atoms with van der Waals surface area (Å²) in [4.78, 5) is 15.4. The summed E-state index contributed by atoms with van der Waals surface area (Å²) in [5.74, 6) is 0.362. The van der Waals surface area contributed by atoms with Crippen molar-refractivity contribution in [1.82, 2.24) is 0 Å². The first kappa shape index (κ1) is 17.9. The summed E-state index contributed by atoms with van der Waals surface area (Å²) in [7, 11) is 0. The zero-order valence-electron chi connectivity index (χ0n) is 13.2. The molecule has 6 nitrogen and oxygen atoms in total. The monoisotopic (exact) mass is 311 g/mol. The zero-order valence-corrected chi connectivity index (χ0v) is 13.2. The van der Waals surface area contributed by atoms with Gasteiger partial charge in [-0.05, 0) is 36.8 Å². The number of rotatable bonds is 4. The summed E-state index contributed by atoms with van der Waals surface area (Å²) in [6, 6.07) is 14.8. The van der Waals surface area contributed by atoms with Crippen LogP contribution < -0.4 is 4.84 Å². The summed E-state index contributed by atoms with van der Waals surface area (Å²) in [6.45, 7) is 5.72. The van der Waals surface area contributed by atoms with Crippen LogP contribution in [-0.2, 0) is 0 Å². The van der Waals surface area contributed by atoms with Gasteiger partial charge in [-0.3, -0.25) is 10.1 Å². The van der Waals surface area contributed by atoms with Gasteiger partial charge in [0, 0.05) is 12.1 Å². The van der Waals surface area contributed by atoms with Gasteiger partial charge in [0.1, 0.15) is 6.07 Å². The van der Waals surface area contributed by atoms with Crippen LogP contribution in [0.2, 0.25) is 0 Å². The molecule has 0 saturated carbocycles. The fourth-order valence-electron chi connectivity index (χ4n) is 1.63. The van der Waals surface area contributed by atoms with Crippen molar-refractivity contribution in [3.63, 3.8) is 0 Å². The number of hydrogen-bond donors (Lipinski definition) is 0. The van der Waals surface area contributed by atoms with Gasteiger partial charge < -0.3 is 4.84 Å². The Bertz CT molecular complexity index is 731. The Labute approximate surface area is 134 Å². The number of nitro benzene ring substituents is 1. The molecule has 0 N–H and O–H groups in total. The molecule has 0 aliphatic rings. The highest BCUT2D eigenvalue weighted by Gasteiger charge is 2.06. The summed E-state index contributed by atoms with van der Waals surface area (Å²) in [5, 5.41) is 23.5.